The molecule has 4 aromatic rings. The van der Waals surface area contributed by atoms with Gasteiger partial charge in [0.25, 0.3) is 5.91 Å². The normalized spacial score (nSPS) is 11.1. The molecule has 0 aliphatic carbocycles. The van der Waals surface area contributed by atoms with Crippen LogP contribution in [0.25, 0.3) is 16.8 Å². The molecule has 0 bridgehead atoms. The number of amides is 1. The summed E-state index contributed by atoms with van der Waals surface area (Å²) in [6, 6.07) is 10.1. The number of halogens is 2. The minimum absolute atomic E-state index is 0.206. The first-order valence-corrected chi connectivity index (χ1v) is 9.69. The number of benzene rings is 1. The van der Waals surface area contributed by atoms with Gasteiger partial charge in [-0.1, -0.05) is 17.7 Å². The number of thiophene rings is 1. The molecule has 3 aromatic heterocycles. The molecule has 0 aliphatic rings. The van der Waals surface area contributed by atoms with Crippen molar-refractivity contribution in [2.24, 2.45) is 0 Å². The van der Waals surface area contributed by atoms with Crippen molar-refractivity contribution in [1.29, 1.82) is 0 Å². The van der Waals surface area contributed by atoms with Crippen LogP contribution in [0.4, 0.5) is 10.3 Å². The van der Waals surface area contributed by atoms with Crippen molar-refractivity contribution in [2.75, 3.05) is 12.3 Å². The zero-order valence-corrected chi connectivity index (χ0v) is 16.1. The van der Waals surface area contributed by atoms with Gasteiger partial charge in [0.2, 0.25) is 5.95 Å². The van der Waals surface area contributed by atoms with E-state index in [4.69, 9.17) is 17.3 Å². The highest BCUT2D eigenvalue weighted by molar-refractivity contribution is 7.12. The Morgan fingerprint density at radius 1 is 1.29 bits per heavy atom. The second-order valence-electron chi connectivity index (χ2n) is 6.10. The number of carbonyl (C=O) groups is 1. The number of hydrogen-bond donors (Lipinski definition) is 2. The summed E-state index contributed by atoms with van der Waals surface area (Å²) < 4.78 is 15.4. The smallest absolute Gasteiger partial charge is 0.261 e. The molecular formula is C19H15ClFN5OS. The fourth-order valence-electron chi connectivity index (χ4n) is 2.84. The summed E-state index contributed by atoms with van der Waals surface area (Å²) >= 11 is 7.34. The number of nitrogens with two attached hydrogens (primary N) is 1. The molecule has 0 atom stereocenters. The van der Waals surface area contributed by atoms with Crippen LogP contribution in [0.3, 0.4) is 0 Å². The molecule has 28 heavy (non-hydrogen) atoms. The quantitative estimate of drug-likeness (QED) is 0.519. The van der Waals surface area contributed by atoms with Gasteiger partial charge in [0.15, 0.2) is 5.65 Å². The van der Waals surface area contributed by atoms with Crippen molar-refractivity contribution in [1.82, 2.24) is 19.9 Å². The highest BCUT2D eigenvalue weighted by atomic mass is 35.5. The number of nitrogens with zero attached hydrogens (tertiary/aromatic N) is 3. The van der Waals surface area contributed by atoms with Gasteiger partial charge in [0, 0.05) is 28.9 Å². The van der Waals surface area contributed by atoms with E-state index in [-0.39, 0.29) is 24.2 Å². The maximum Gasteiger partial charge on any atom is 0.261 e. The summed E-state index contributed by atoms with van der Waals surface area (Å²) in [5.41, 5.74) is 8.44. The molecule has 0 spiro atoms. The van der Waals surface area contributed by atoms with Crippen LogP contribution in [-0.2, 0) is 6.42 Å². The summed E-state index contributed by atoms with van der Waals surface area (Å²) in [7, 11) is 0. The third-order valence-corrected chi connectivity index (χ3v) is 5.51. The zero-order chi connectivity index (χ0) is 19.7. The molecule has 142 valence electrons. The molecule has 3 heterocycles. The van der Waals surface area contributed by atoms with Crippen molar-refractivity contribution < 1.29 is 9.18 Å². The minimum Gasteiger partial charge on any atom is -0.366 e. The number of fused-ring (bicyclic) bond motifs is 1. The number of aromatic nitrogens is 3. The van der Waals surface area contributed by atoms with E-state index < -0.39 is 0 Å². The Hall–Kier alpha value is -2.97. The molecule has 4 rings (SSSR count). The Bertz CT molecular complexity index is 1150. The van der Waals surface area contributed by atoms with Crippen LogP contribution in [0, 0.1) is 5.82 Å². The van der Waals surface area contributed by atoms with E-state index in [0.29, 0.717) is 27.5 Å². The molecule has 0 aliphatic heterocycles. The lowest BCUT2D eigenvalue weighted by Crippen LogP contribution is -2.25. The first kappa shape index (κ1) is 18.4. The van der Waals surface area contributed by atoms with Gasteiger partial charge >= 0.3 is 0 Å². The zero-order valence-electron chi connectivity index (χ0n) is 14.5. The fourth-order valence-corrected chi connectivity index (χ4v) is 3.93. The second kappa shape index (κ2) is 7.57. The summed E-state index contributed by atoms with van der Waals surface area (Å²) in [5, 5.41) is 9.14. The number of anilines is 1. The Labute approximate surface area is 168 Å². The largest absolute Gasteiger partial charge is 0.366 e. The average molecular weight is 416 g/mol. The van der Waals surface area contributed by atoms with E-state index in [1.165, 1.54) is 17.4 Å². The van der Waals surface area contributed by atoms with E-state index in [9.17, 15) is 9.18 Å². The maximum absolute atomic E-state index is 13.8. The maximum atomic E-state index is 13.8. The van der Waals surface area contributed by atoms with Crippen LogP contribution < -0.4 is 11.1 Å². The molecular weight excluding hydrogens is 401 g/mol. The Morgan fingerprint density at radius 2 is 2.14 bits per heavy atom. The molecule has 0 saturated heterocycles. The lowest BCUT2D eigenvalue weighted by atomic mass is 10.1. The van der Waals surface area contributed by atoms with Gasteiger partial charge in [-0.15, -0.1) is 16.4 Å². The number of rotatable bonds is 5. The van der Waals surface area contributed by atoms with Crippen molar-refractivity contribution in [2.45, 2.75) is 6.42 Å². The Kier molecular flexibility index (Phi) is 4.97. The summed E-state index contributed by atoms with van der Waals surface area (Å²) in [4.78, 5) is 17.0. The van der Waals surface area contributed by atoms with Gasteiger partial charge in [-0.3, -0.25) is 4.79 Å². The first-order valence-electron chi connectivity index (χ1n) is 8.43. The number of carbonyl (C=O) groups excluding carboxylic acids is 1. The van der Waals surface area contributed by atoms with E-state index in [1.807, 2.05) is 23.7 Å². The summed E-state index contributed by atoms with van der Waals surface area (Å²) in [6.07, 6.45) is 2.13. The van der Waals surface area contributed by atoms with E-state index in [1.54, 1.807) is 22.7 Å². The number of nitrogen functional groups attached to an aromatic ring is 1. The monoisotopic (exact) mass is 415 g/mol. The van der Waals surface area contributed by atoms with Crippen molar-refractivity contribution in [3.63, 3.8) is 0 Å². The molecule has 1 aromatic carbocycles. The Balaban J connectivity index is 1.43. The van der Waals surface area contributed by atoms with Gasteiger partial charge in [-0.25, -0.2) is 8.91 Å². The molecule has 0 unspecified atom stereocenters. The number of hydrogen-bond acceptors (Lipinski definition) is 5. The Morgan fingerprint density at radius 3 is 2.96 bits per heavy atom. The second-order valence-corrected chi connectivity index (χ2v) is 7.41. The van der Waals surface area contributed by atoms with Crippen molar-refractivity contribution in [3.05, 3.63) is 69.3 Å². The van der Waals surface area contributed by atoms with Gasteiger partial charge in [0.1, 0.15) is 5.82 Å². The van der Waals surface area contributed by atoms with E-state index >= 15 is 0 Å². The van der Waals surface area contributed by atoms with Gasteiger partial charge in [-0.2, -0.15) is 4.98 Å². The molecule has 1 amide bonds. The minimum atomic E-state index is -0.371. The van der Waals surface area contributed by atoms with Crippen LogP contribution in [0.5, 0.6) is 0 Å². The standard InChI is InChI=1S/C19H15ClFN5OS/c20-14-2-1-3-15(21)13(14)6-7-23-18(27)16-8-12(10-28-16)11-4-5-17-24-19(22)25-26(17)9-11/h1-5,8-10H,6-7H2,(H2,22,25)(H,23,27). The topological polar surface area (TPSA) is 85.3 Å². The van der Waals surface area contributed by atoms with Gasteiger partial charge in [-0.05, 0) is 47.7 Å². The van der Waals surface area contributed by atoms with E-state index in [0.717, 1.165) is 11.1 Å². The predicted octanol–water partition coefficient (Wildman–Crippen LogP) is 3.81. The van der Waals surface area contributed by atoms with Crippen LogP contribution in [-0.4, -0.2) is 27.0 Å². The van der Waals surface area contributed by atoms with Crippen LogP contribution in [0.1, 0.15) is 15.2 Å². The number of pyridine rings is 1. The third kappa shape index (κ3) is 3.69. The summed E-state index contributed by atoms with van der Waals surface area (Å²) in [5.74, 6) is -0.378. The van der Waals surface area contributed by atoms with Crippen LogP contribution in [0.15, 0.2) is 48.0 Å². The third-order valence-electron chi connectivity index (χ3n) is 4.23. The van der Waals surface area contributed by atoms with Crippen LogP contribution in [0.2, 0.25) is 5.02 Å². The highest BCUT2D eigenvalue weighted by Gasteiger charge is 2.12. The van der Waals surface area contributed by atoms with Crippen LogP contribution >= 0.6 is 22.9 Å². The van der Waals surface area contributed by atoms with Gasteiger partial charge < -0.3 is 11.1 Å². The highest BCUT2D eigenvalue weighted by Crippen LogP contribution is 2.26. The molecule has 0 radical (unpaired) electrons. The number of nitrogens with one attached hydrogen (secondary N) is 1. The fraction of sp³-hybridized carbons (Fsp3) is 0.105. The summed E-state index contributed by atoms with van der Waals surface area (Å²) in [6.45, 7) is 0.289. The average Bonchev–Trinajstić information content (AvgIpc) is 3.29. The lowest BCUT2D eigenvalue weighted by Gasteiger charge is -2.07. The van der Waals surface area contributed by atoms with Crippen molar-refractivity contribution in [3.8, 4) is 11.1 Å². The van der Waals surface area contributed by atoms with E-state index in [2.05, 4.69) is 15.4 Å². The molecule has 9 heteroatoms. The molecule has 6 nitrogen and oxygen atoms in total. The first-order chi connectivity index (χ1) is 13.5. The van der Waals surface area contributed by atoms with Crippen molar-refractivity contribution >= 4 is 40.4 Å². The molecule has 3 N–H and O–H groups in total. The SMILES string of the molecule is Nc1nc2ccc(-c3csc(C(=O)NCCc4c(F)cccc4Cl)c3)cn2n1. The lowest BCUT2D eigenvalue weighted by molar-refractivity contribution is 0.0958. The molecule has 0 saturated carbocycles. The molecule has 0 fully saturated rings. The predicted molar refractivity (Wildman–Crippen MR) is 108 cm³/mol. The van der Waals surface area contributed by atoms with Gasteiger partial charge in [0.05, 0.1) is 4.88 Å².